The highest BCUT2D eigenvalue weighted by atomic mass is 16.1. The largest absolute Gasteiger partial charge is 0.346 e. The number of para-hydroxylation sites is 3. The fourth-order valence-electron chi connectivity index (χ4n) is 3.76. The molecule has 0 fully saturated rings. The molecule has 0 aliphatic heterocycles. The minimum absolute atomic E-state index is 0.0486. The predicted octanol–water partition coefficient (Wildman–Crippen LogP) is 3.96. The van der Waals surface area contributed by atoms with Gasteiger partial charge < -0.3 is 10.3 Å². The average molecular weight is 418 g/mol. The molecule has 0 spiro atoms. The van der Waals surface area contributed by atoms with Crippen molar-refractivity contribution in [1.29, 1.82) is 0 Å². The van der Waals surface area contributed by atoms with Gasteiger partial charge in [0.1, 0.15) is 5.82 Å². The Morgan fingerprint density at radius 3 is 2.65 bits per heavy atom. The number of fused-ring (bicyclic) bond motifs is 2. The number of amides is 1. The number of carbonyl (C=O) groups excluding carboxylic acids is 1. The molecule has 2 heterocycles. The second-order valence-corrected chi connectivity index (χ2v) is 7.93. The van der Waals surface area contributed by atoms with E-state index in [1.807, 2.05) is 42.5 Å². The van der Waals surface area contributed by atoms with Gasteiger partial charge in [0, 0.05) is 13.0 Å². The van der Waals surface area contributed by atoms with Crippen LogP contribution >= 0.6 is 0 Å². The van der Waals surface area contributed by atoms with Crippen LogP contribution in [-0.4, -0.2) is 25.4 Å². The molecule has 2 aromatic carbocycles. The molecule has 4 rings (SSSR count). The molecule has 2 N–H and O–H groups in total. The Morgan fingerprint density at radius 2 is 1.87 bits per heavy atom. The lowest BCUT2D eigenvalue weighted by atomic mass is 9.98. The van der Waals surface area contributed by atoms with Crippen LogP contribution in [0, 0.1) is 5.92 Å². The Hall–Kier alpha value is -3.48. The lowest BCUT2D eigenvalue weighted by molar-refractivity contribution is -0.122. The van der Waals surface area contributed by atoms with E-state index in [2.05, 4.69) is 34.1 Å². The maximum Gasteiger partial charge on any atom is 0.261 e. The van der Waals surface area contributed by atoms with Crippen molar-refractivity contribution in [2.75, 3.05) is 0 Å². The summed E-state index contributed by atoms with van der Waals surface area (Å²) in [7, 11) is 0. The van der Waals surface area contributed by atoms with E-state index in [9.17, 15) is 9.59 Å². The van der Waals surface area contributed by atoms with E-state index >= 15 is 0 Å². The Bertz CT molecular complexity index is 1230. The number of nitrogens with one attached hydrogen (secondary N) is 2. The maximum absolute atomic E-state index is 12.7. The molecule has 4 aromatic rings. The molecular weight excluding hydrogens is 390 g/mol. The number of rotatable bonds is 8. The number of nitrogens with zero attached hydrogens (tertiary/aromatic N) is 3. The minimum atomic E-state index is -0.185. The second-order valence-electron chi connectivity index (χ2n) is 7.93. The third kappa shape index (κ3) is 4.50. The fourth-order valence-corrected chi connectivity index (χ4v) is 3.76. The molecule has 0 saturated heterocycles. The summed E-state index contributed by atoms with van der Waals surface area (Å²) in [5.74, 6) is 0.961. The number of H-pyrrole nitrogens is 1. The van der Waals surface area contributed by atoms with E-state index in [0.29, 0.717) is 30.3 Å². The lowest BCUT2D eigenvalue weighted by Crippen LogP contribution is -2.33. The molecule has 0 radical (unpaired) electrons. The summed E-state index contributed by atoms with van der Waals surface area (Å²) in [4.78, 5) is 37.6. The highest BCUT2D eigenvalue weighted by Gasteiger charge is 2.23. The number of benzene rings is 2. The first kappa shape index (κ1) is 20.8. The molecule has 0 unspecified atom stereocenters. The van der Waals surface area contributed by atoms with E-state index in [0.717, 1.165) is 23.3 Å². The molecule has 160 valence electrons. The normalized spacial score (nSPS) is 13.4. The van der Waals surface area contributed by atoms with Crippen LogP contribution in [0.4, 0.5) is 0 Å². The first-order valence-electron chi connectivity index (χ1n) is 10.7. The first-order chi connectivity index (χ1) is 15.1. The van der Waals surface area contributed by atoms with Crippen LogP contribution < -0.4 is 10.9 Å². The lowest BCUT2D eigenvalue weighted by Gasteiger charge is -2.22. The molecule has 0 saturated carbocycles. The summed E-state index contributed by atoms with van der Waals surface area (Å²) in [6.07, 6.45) is 3.35. The molecule has 0 bridgehead atoms. The van der Waals surface area contributed by atoms with Gasteiger partial charge in [-0.05, 0) is 36.6 Å². The van der Waals surface area contributed by atoms with Crippen molar-refractivity contribution in [1.82, 2.24) is 24.8 Å². The van der Waals surface area contributed by atoms with Crippen LogP contribution in [0.5, 0.6) is 0 Å². The number of imidazole rings is 1. The van der Waals surface area contributed by atoms with Gasteiger partial charge in [0.05, 0.1) is 34.3 Å². The van der Waals surface area contributed by atoms with Crippen LogP contribution in [0.3, 0.4) is 0 Å². The van der Waals surface area contributed by atoms with Crippen LogP contribution in [0.1, 0.15) is 45.0 Å². The van der Waals surface area contributed by atoms with Crippen molar-refractivity contribution >= 4 is 27.8 Å². The molecule has 7 heteroatoms. The SMILES string of the molecule is CC[C@H](C)[C@H](NC(=O)CCCn1cnc2ccccc2c1=O)c1nc2ccccc2[nH]1. The van der Waals surface area contributed by atoms with Crippen LogP contribution in [-0.2, 0) is 11.3 Å². The quantitative estimate of drug-likeness (QED) is 0.454. The minimum Gasteiger partial charge on any atom is -0.346 e. The van der Waals surface area contributed by atoms with Gasteiger partial charge in [0.25, 0.3) is 5.56 Å². The molecule has 0 aliphatic rings. The monoisotopic (exact) mass is 417 g/mol. The van der Waals surface area contributed by atoms with Crippen molar-refractivity contribution in [3.05, 3.63) is 71.0 Å². The summed E-state index contributed by atoms with van der Waals surface area (Å²) in [6.45, 7) is 4.66. The number of aromatic nitrogens is 4. The Balaban J connectivity index is 1.41. The topological polar surface area (TPSA) is 92.7 Å². The molecule has 31 heavy (non-hydrogen) atoms. The highest BCUT2D eigenvalue weighted by molar-refractivity contribution is 5.78. The molecule has 2 atom stereocenters. The number of hydrogen-bond acceptors (Lipinski definition) is 4. The van der Waals surface area contributed by atoms with Gasteiger partial charge >= 0.3 is 0 Å². The summed E-state index contributed by atoms with van der Waals surface area (Å²) >= 11 is 0. The van der Waals surface area contributed by atoms with Crippen LogP contribution in [0.15, 0.2) is 59.7 Å². The summed E-state index contributed by atoms with van der Waals surface area (Å²) in [5.41, 5.74) is 2.46. The van der Waals surface area contributed by atoms with E-state index in [-0.39, 0.29) is 23.4 Å². The van der Waals surface area contributed by atoms with E-state index < -0.39 is 0 Å². The van der Waals surface area contributed by atoms with Gasteiger partial charge in [0.15, 0.2) is 0 Å². The standard InChI is InChI=1S/C24H27N5O2/c1-3-16(2)22(23-26-19-11-6-7-12-20(19)27-23)28-21(30)13-8-14-29-15-25-18-10-5-4-9-17(18)24(29)31/h4-7,9-12,15-16,22H,3,8,13-14H2,1-2H3,(H,26,27)(H,28,30)/t16-,22-/m0/s1. The van der Waals surface area contributed by atoms with Gasteiger partial charge in [-0.3, -0.25) is 14.2 Å². The third-order valence-electron chi connectivity index (χ3n) is 5.77. The summed E-state index contributed by atoms with van der Waals surface area (Å²) in [6, 6.07) is 15.0. The van der Waals surface area contributed by atoms with Crippen LogP contribution in [0.2, 0.25) is 0 Å². The molecule has 0 aliphatic carbocycles. The van der Waals surface area contributed by atoms with Gasteiger partial charge in [0.2, 0.25) is 5.91 Å². The smallest absolute Gasteiger partial charge is 0.261 e. The highest BCUT2D eigenvalue weighted by Crippen LogP contribution is 2.24. The molecular formula is C24H27N5O2. The van der Waals surface area contributed by atoms with E-state index in [1.54, 1.807) is 17.0 Å². The number of hydrogen-bond donors (Lipinski definition) is 2. The van der Waals surface area contributed by atoms with Crippen molar-refractivity contribution in [3.63, 3.8) is 0 Å². The van der Waals surface area contributed by atoms with Crippen LogP contribution in [0.25, 0.3) is 21.9 Å². The van der Waals surface area contributed by atoms with E-state index in [4.69, 9.17) is 0 Å². The fraction of sp³-hybridized carbons (Fsp3) is 0.333. The van der Waals surface area contributed by atoms with Gasteiger partial charge in [-0.25, -0.2) is 9.97 Å². The van der Waals surface area contributed by atoms with Crippen molar-refractivity contribution in [2.24, 2.45) is 5.92 Å². The predicted molar refractivity (Wildman–Crippen MR) is 122 cm³/mol. The second kappa shape index (κ2) is 9.12. The summed E-state index contributed by atoms with van der Waals surface area (Å²) < 4.78 is 1.57. The Kier molecular flexibility index (Phi) is 6.11. The Labute approximate surface area is 180 Å². The maximum atomic E-state index is 12.7. The van der Waals surface area contributed by atoms with Gasteiger partial charge in [-0.2, -0.15) is 0 Å². The molecule has 7 nitrogen and oxygen atoms in total. The van der Waals surface area contributed by atoms with Gasteiger partial charge in [-0.1, -0.05) is 44.5 Å². The first-order valence-corrected chi connectivity index (χ1v) is 10.7. The third-order valence-corrected chi connectivity index (χ3v) is 5.77. The zero-order valence-electron chi connectivity index (χ0n) is 17.8. The van der Waals surface area contributed by atoms with Crippen molar-refractivity contribution in [3.8, 4) is 0 Å². The van der Waals surface area contributed by atoms with Crippen molar-refractivity contribution in [2.45, 2.75) is 45.7 Å². The molecule has 2 aromatic heterocycles. The Morgan fingerprint density at radius 1 is 1.13 bits per heavy atom. The average Bonchev–Trinajstić information content (AvgIpc) is 3.22. The van der Waals surface area contributed by atoms with Gasteiger partial charge in [-0.15, -0.1) is 0 Å². The zero-order valence-corrected chi connectivity index (χ0v) is 17.8. The van der Waals surface area contributed by atoms with E-state index in [1.165, 1.54) is 0 Å². The zero-order chi connectivity index (χ0) is 21.8. The number of aromatic amines is 1. The number of aryl methyl sites for hydroxylation is 1. The molecule has 1 amide bonds. The van der Waals surface area contributed by atoms with Crippen molar-refractivity contribution < 1.29 is 4.79 Å². The summed E-state index contributed by atoms with van der Waals surface area (Å²) in [5, 5.41) is 3.73. The number of carbonyl (C=O) groups is 1.